The Morgan fingerprint density at radius 1 is 1.09 bits per heavy atom. The highest BCUT2D eigenvalue weighted by molar-refractivity contribution is 9.10. The Labute approximate surface area is 196 Å². The van der Waals surface area contributed by atoms with Crippen molar-refractivity contribution in [3.8, 4) is 5.75 Å². The Morgan fingerprint density at radius 3 is 2.42 bits per heavy atom. The third-order valence-electron chi connectivity index (χ3n) is 4.40. The van der Waals surface area contributed by atoms with Crippen LogP contribution in [0.2, 0.25) is 0 Å². The van der Waals surface area contributed by atoms with E-state index in [4.69, 9.17) is 4.74 Å². The molecule has 10 heteroatoms. The predicted molar refractivity (Wildman–Crippen MR) is 124 cm³/mol. The van der Waals surface area contributed by atoms with E-state index in [1.165, 1.54) is 67.8 Å². The summed E-state index contributed by atoms with van der Waals surface area (Å²) in [4.78, 5) is 36.0. The lowest BCUT2D eigenvalue weighted by Gasteiger charge is -2.12. The number of nitro benzene ring substituents is 1. The number of methoxy groups -OCH3 is 1. The standard InChI is InChI=1S/C23H17BrFN3O5/c1-33-21-10-7-15(12-19(21)24)22(29)27-20(11-14-5-8-18(9-6-14)28(31)32)23(30)26-17-4-2-3-16(25)13-17/h2-13H,1H3,(H,26,30)(H,27,29)/b20-11-. The van der Waals surface area contributed by atoms with Crippen LogP contribution in [0.15, 0.2) is 76.9 Å². The number of benzene rings is 3. The molecule has 0 saturated carbocycles. The van der Waals surface area contributed by atoms with Crippen LogP contribution in [-0.2, 0) is 4.79 Å². The number of anilines is 1. The van der Waals surface area contributed by atoms with Crippen LogP contribution in [0, 0.1) is 15.9 Å². The lowest BCUT2D eigenvalue weighted by molar-refractivity contribution is -0.384. The number of rotatable bonds is 7. The molecule has 2 amide bonds. The van der Waals surface area contributed by atoms with Crippen LogP contribution in [0.4, 0.5) is 15.8 Å². The first-order valence-corrected chi connectivity index (χ1v) is 10.2. The molecular formula is C23H17BrFN3O5. The second-order valence-electron chi connectivity index (χ2n) is 6.67. The van der Waals surface area contributed by atoms with Gasteiger partial charge in [0.25, 0.3) is 17.5 Å². The summed E-state index contributed by atoms with van der Waals surface area (Å²) in [7, 11) is 1.49. The molecule has 0 aliphatic carbocycles. The van der Waals surface area contributed by atoms with Gasteiger partial charge in [0.1, 0.15) is 17.3 Å². The van der Waals surface area contributed by atoms with Gasteiger partial charge in [-0.05, 0) is 76.1 Å². The average Bonchev–Trinajstić information content (AvgIpc) is 2.78. The number of non-ortho nitro benzene ring substituents is 1. The van der Waals surface area contributed by atoms with Crippen LogP contribution in [0.5, 0.6) is 5.75 Å². The normalized spacial score (nSPS) is 10.9. The molecule has 0 saturated heterocycles. The fraction of sp³-hybridized carbons (Fsp3) is 0.0435. The average molecular weight is 514 g/mol. The fourth-order valence-electron chi connectivity index (χ4n) is 2.78. The summed E-state index contributed by atoms with van der Waals surface area (Å²) in [6.45, 7) is 0. The van der Waals surface area contributed by atoms with Gasteiger partial charge in [0.15, 0.2) is 0 Å². The van der Waals surface area contributed by atoms with Gasteiger partial charge in [-0.25, -0.2) is 4.39 Å². The number of nitro groups is 1. The van der Waals surface area contributed by atoms with E-state index < -0.39 is 22.6 Å². The zero-order valence-corrected chi connectivity index (χ0v) is 18.8. The van der Waals surface area contributed by atoms with Crippen LogP contribution in [0.1, 0.15) is 15.9 Å². The van der Waals surface area contributed by atoms with Crippen LogP contribution < -0.4 is 15.4 Å². The van der Waals surface area contributed by atoms with Crippen LogP contribution in [0.25, 0.3) is 6.08 Å². The van der Waals surface area contributed by atoms with Crippen molar-refractivity contribution >= 4 is 45.2 Å². The van der Waals surface area contributed by atoms with E-state index in [2.05, 4.69) is 26.6 Å². The number of hydrogen-bond donors (Lipinski definition) is 2. The molecule has 0 aliphatic rings. The fourth-order valence-corrected chi connectivity index (χ4v) is 3.32. The highest BCUT2D eigenvalue weighted by Gasteiger charge is 2.17. The number of carbonyl (C=O) groups is 2. The van der Waals surface area contributed by atoms with Gasteiger partial charge in [0.2, 0.25) is 0 Å². The van der Waals surface area contributed by atoms with Gasteiger partial charge in [0.05, 0.1) is 16.5 Å². The molecule has 0 spiro atoms. The zero-order chi connectivity index (χ0) is 24.0. The Bertz CT molecular complexity index is 1250. The van der Waals surface area contributed by atoms with E-state index in [0.717, 1.165) is 6.07 Å². The van der Waals surface area contributed by atoms with E-state index in [0.29, 0.717) is 15.8 Å². The summed E-state index contributed by atoms with van der Waals surface area (Å²) in [5, 5.41) is 15.9. The SMILES string of the molecule is COc1ccc(C(=O)N/C(=C\c2ccc([N+](=O)[O-])cc2)C(=O)Nc2cccc(F)c2)cc1Br. The highest BCUT2D eigenvalue weighted by Crippen LogP contribution is 2.25. The van der Waals surface area contributed by atoms with Gasteiger partial charge < -0.3 is 15.4 Å². The smallest absolute Gasteiger partial charge is 0.272 e. The first-order valence-electron chi connectivity index (χ1n) is 9.45. The van der Waals surface area contributed by atoms with Crippen molar-refractivity contribution in [2.75, 3.05) is 12.4 Å². The number of ether oxygens (including phenoxy) is 1. The Hall–Kier alpha value is -4.05. The molecule has 168 valence electrons. The monoisotopic (exact) mass is 513 g/mol. The molecule has 0 heterocycles. The Morgan fingerprint density at radius 2 is 1.82 bits per heavy atom. The quantitative estimate of drug-likeness (QED) is 0.264. The van der Waals surface area contributed by atoms with E-state index in [9.17, 15) is 24.1 Å². The van der Waals surface area contributed by atoms with E-state index in [1.54, 1.807) is 6.07 Å². The number of nitrogens with one attached hydrogen (secondary N) is 2. The summed E-state index contributed by atoms with van der Waals surface area (Å²) in [6, 6.07) is 15.3. The lowest BCUT2D eigenvalue weighted by atomic mass is 10.1. The van der Waals surface area contributed by atoms with E-state index in [-0.39, 0.29) is 22.6 Å². The van der Waals surface area contributed by atoms with Crippen molar-refractivity contribution in [3.05, 3.63) is 104 Å². The molecule has 0 bridgehead atoms. The van der Waals surface area contributed by atoms with Crippen LogP contribution in [0.3, 0.4) is 0 Å². The molecule has 0 fully saturated rings. The van der Waals surface area contributed by atoms with Gasteiger partial charge in [-0.3, -0.25) is 19.7 Å². The molecule has 0 radical (unpaired) electrons. The van der Waals surface area contributed by atoms with Crippen LogP contribution in [-0.4, -0.2) is 23.8 Å². The second kappa shape index (κ2) is 10.5. The predicted octanol–water partition coefficient (Wildman–Crippen LogP) is 4.91. The summed E-state index contributed by atoms with van der Waals surface area (Å²) >= 11 is 3.30. The number of carbonyl (C=O) groups excluding carboxylic acids is 2. The van der Waals surface area contributed by atoms with Crippen molar-refractivity contribution in [2.24, 2.45) is 0 Å². The highest BCUT2D eigenvalue weighted by atomic mass is 79.9. The summed E-state index contributed by atoms with van der Waals surface area (Å²) < 4.78 is 19.2. The van der Waals surface area contributed by atoms with Crippen LogP contribution >= 0.6 is 15.9 Å². The number of nitrogens with zero attached hydrogens (tertiary/aromatic N) is 1. The molecule has 33 heavy (non-hydrogen) atoms. The minimum absolute atomic E-state index is 0.120. The third kappa shape index (κ3) is 6.23. The molecule has 8 nitrogen and oxygen atoms in total. The third-order valence-corrected chi connectivity index (χ3v) is 5.02. The Balaban J connectivity index is 1.91. The number of halogens is 2. The topological polar surface area (TPSA) is 111 Å². The second-order valence-corrected chi connectivity index (χ2v) is 7.53. The minimum Gasteiger partial charge on any atom is -0.496 e. The molecule has 0 aromatic heterocycles. The molecule has 2 N–H and O–H groups in total. The van der Waals surface area contributed by atoms with Crippen molar-refractivity contribution in [1.82, 2.24) is 5.32 Å². The van der Waals surface area contributed by atoms with Crippen molar-refractivity contribution in [3.63, 3.8) is 0 Å². The first kappa shape index (κ1) is 23.6. The Kier molecular flexibility index (Phi) is 7.52. The van der Waals surface area contributed by atoms with Gasteiger partial charge >= 0.3 is 0 Å². The molecular weight excluding hydrogens is 497 g/mol. The maximum atomic E-state index is 13.5. The van der Waals surface area contributed by atoms with E-state index >= 15 is 0 Å². The van der Waals surface area contributed by atoms with Crippen molar-refractivity contribution in [1.29, 1.82) is 0 Å². The number of amides is 2. The lowest BCUT2D eigenvalue weighted by Crippen LogP contribution is -2.30. The van der Waals surface area contributed by atoms with Gasteiger partial charge in [0, 0.05) is 23.4 Å². The van der Waals surface area contributed by atoms with E-state index in [1.807, 2.05) is 0 Å². The summed E-state index contributed by atoms with van der Waals surface area (Å²) in [5.41, 5.74) is 0.600. The van der Waals surface area contributed by atoms with Crippen molar-refractivity contribution < 1.29 is 23.6 Å². The molecule has 0 aliphatic heterocycles. The molecule has 3 aromatic carbocycles. The zero-order valence-electron chi connectivity index (χ0n) is 17.2. The first-order chi connectivity index (χ1) is 15.8. The largest absolute Gasteiger partial charge is 0.496 e. The summed E-state index contributed by atoms with van der Waals surface area (Å²) in [5.74, 6) is -1.31. The maximum Gasteiger partial charge on any atom is 0.272 e. The van der Waals surface area contributed by atoms with Crippen molar-refractivity contribution in [2.45, 2.75) is 0 Å². The summed E-state index contributed by atoms with van der Waals surface area (Å²) in [6.07, 6.45) is 1.36. The van der Waals surface area contributed by atoms with Gasteiger partial charge in [-0.15, -0.1) is 0 Å². The molecule has 3 aromatic rings. The molecule has 0 atom stereocenters. The van der Waals surface area contributed by atoms with Gasteiger partial charge in [-0.2, -0.15) is 0 Å². The minimum atomic E-state index is -0.708. The molecule has 3 rings (SSSR count). The van der Waals surface area contributed by atoms with Gasteiger partial charge in [-0.1, -0.05) is 6.07 Å². The maximum absolute atomic E-state index is 13.5. The number of hydrogen-bond acceptors (Lipinski definition) is 5. The molecule has 0 unspecified atom stereocenters.